The average Bonchev–Trinajstić information content (AvgIpc) is 2.38. The second-order valence-electron chi connectivity index (χ2n) is 5.94. The number of carboxylic acid groups (broad SMARTS) is 1. The van der Waals surface area contributed by atoms with Crippen LogP contribution in [0.4, 0.5) is 5.82 Å². The van der Waals surface area contributed by atoms with E-state index in [9.17, 15) is 9.90 Å². The zero-order valence-corrected chi connectivity index (χ0v) is 12.6. The smallest absolute Gasteiger partial charge is 0.305 e. The molecule has 21 heavy (non-hydrogen) atoms. The van der Waals surface area contributed by atoms with Crippen LogP contribution in [-0.2, 0) is 4.79 Å². The summed E-state index contributed by atoms with van der Waals surface area (Å²) >= 11 is 0. The van der Waals surface area contributed by atoms with Crippen LogP contribution in [0.3, 0.4) is 0 Å². The molecule has 6 nitrogen and oxygen atoms in total. The Hall–Kier alpha value is -1.85. The molecular weight excluding hydrogens is 270 g/mol. The van der Waals surface area contributed by atoms with Crippen LogP contribution in [0.1, 0.15) is 52.4 Å². The number of rotatable bonds is 6. The highest BCUT2D eigenvalue weighted by Crippen LogP contribution is 2.34. The SMILES string of the molecule is CC(C)Oc1cc(NC2(CC(=O)O)CCCCC2)ncn1. The Morgan fingerprint density at radius 1 is 1.38 bits per heavy atom. The number of carboxylic acids is 1. The van der Waals surface area contributed by atoms with Gasteiger partial charge in [0, 0.05) is 11.6 Å². The molecule has 0 bridgehead atoms. The fraction of sp³-hybridized carbons (Fsp3) is 0.667. The van der Waals surface area contributed by atoms with Crippen LogP contribution in [0.5, 0.6) is 5.88 Å². The second kappa shape index (κ2) is 6.74. The van der Waals surface area contributed by atoms with Gasteiger partial charge in [-0.2, -0.15) is 0 Å². The van der Waals surface area contributed by atoms with E-state index in [4.69, 9.17) is 4.74 Å². The average molecular weight is 293 g/mol. The van der Waals surface area contributed by atoms with E-state index < -0.39 is 11.5 Å². The molecule has 0 atom stereocenters. The van der Waals surface area contributed by atoms with E-state index in [0.717, 1.165) is 32.1 Å². The maximum atomic E-state index is 11.2. The van der Waals surface area contributed by atoms with E-state index in [1.54, 1.807) is 6.07 Å². The van der Waals surface area contributed by atoms with Crippen LogP contribution in [0, 0.1) is 0 Å². The molecule has 1 aromatic rings. The lowest BCUT2D eigenvalue weighted by Gasteiger charge is -2.37. The van der Waals surface area contributed by atoms with E-state index in [-0.39, 0.29) is 12.5 Å². The van der Waals surface area contributed by atoms with Crippen molar-refractivity contribution in [1.29, 1.82) is 0 Å². The van der Waals surface area contributed by atoms with Gasteiger partial charge in [-0.05, 0) is 26.7 Å². The van der Waals surface area contributed by atoms with E-state index in [1.165, 1.54) is 6.33 Å². The van der Waals surface area contributed by atoms with Crippen molar-refractivity contribution in [3.63, 3.8) is 0 Å². The number of ether oxygens (including phenoxy) is 1. The van der Waals surface area contributed by atoms with E-state index in [1.807, 2.05) is 13.8 Å². The van der Waals surface area contributed by atoms with Gasteiger partial charge in [0.2, 0.25) is 5.88 Å². The summed E-state index contributed by atoms with van der Waals surface area (Å²) < 4.78 is 5.55. The minimum absolute atomic E-state index is 0.0374. The molecule has 2 rings (SSSR count). The first-order valence-electron chi connectivity index (χ1n) is 7.48. The first kappa shape index (κ1) is 15.5. The van der Waals surface area contributed by atoms with Gasteiger partial charge in [-0.3, -0.25) is 4.79 Å². The van der Waals surface area contributed by atoms with Crippen molar-refractivity contribution in [2.24, 2.45) is 0 Å². The highest BCUT2D eigenvalue weighted by Gasteiger charge is 2.34. The number of aliphatic carboxylic acids is 1. The van der Waals surface area contributed by atoms with Crippen LogP contribution in [0.25, 0.3) is 0 Å². The van der Waals surface area contributed by atoms with Gasteiger partial charge in [-0.15, -0.1) is 0 Å². The van der Waals surface area contributed by atoms with Gasteiger partial charge in [-0.25, -0.2) is 9.97 Å². The van der Waals surface area contributed by atoms with Crippen LogP contribution in [0.2, 0.25) is 0 Å². The summed E-state index contributed by atoms with van der Waals surface area (Å²) in [6, 6.07) is 1.73. The number of aromatic nitrogens is 2. The molecule has 0 spiro atoms. The zero-order valence-electron chi connectivity index (χ0n) is 12.6. The minimum Gasteiger partial charge on any atom is -0.481 e. The lowest BCUT2D eigenvalue weighted by molar-refractivity contribution is -0.138. The summed E-state index contributed by atoms with van der Waals surface area (Å²) in [6.07, 6.45) is 6.54. The van der Waals surface area contributed by atoms with Crippen LogP contribution >= 0.6 is 0 Å². The Balaban J connectivity index is 2.14. The van der Waals surface area contributed by atoms with Crippen molar-refractivity contribution in [2.45, 2.75) is 64.0 Å². The number of nitrogens with zero attached hydrogens (tertiary/aromatic N) is 2. The van der Waals surface area contributed by atoms with E-state index in [2.05, 4.69) is 15.3 Å². The lowest BCUT2D eigenvalue weighted by atomic mass is 9.79. The highest BCUT2D eigenvalue weighted by molar-refractivity contribution is 5.69. The Labute approximate surface area is 124 Å². The normalized spacial score (nSPS) is 17.5. The monoisotopic (exact) mass is 293 g/mol. The number of nitrogens with one attached hydrogen (secondary N) is 1. The van der Waals surface area contributed by atoms with Crippen molar-refractivity contribution in [2.75, 3.05) is 5.32 Å². The lowest BCUT2D eigenvalue weighted by Crippen LogP contribution is -2.42. The second-order valence-corrected chi connectivity index (χ2v) is 5.94. The van der Waals surface area contributed by atoms with Gasteiger partial charge in [0.15, 0.2) is 0 Å². The summed E-state index contributed by atoms with van der Waals surface area (Å²) in [6.45, 7) is 3.87. The molecule has 116 valence electrons. The Bertz CT molecular complexity index is 485. The molecule has 1 aromatic heterocycles. The van der Waals surface area contributed by atoms with Gasteiger partial charge < -0.3 is 15.2 Å². The third-order valence-corrected chi connectivity index (χ3v) is 3.69. The van der Waals surface area contributed by atoms with Gasteiger partial charge in [0.25, 0.3) is 0 Å². The predicted octanol–water partition coefficient (Wildman–Crippen LogP) is 2.85. The molecule has 0 amide bonds. The van der Waals surface area contributed by atoms with Crippen LogP contribution in [-0.4, -0.2) is 32.7 Å². The van der Waals surface area contributed by atoms with Crippen molar-refractivity contribution >= 4 is 11.8 Å². The molecule has 0 aliphatic heterocycles. The molecular formula is C15H23N3O3. The Morgan fingerprint density at radius 2 is 2.10 bits per heavy atom. The summed E-state index contributed by atoms with van der Waals surface area (Å²) in [5, 5.41) is 12.5. The predicted molar refractivity (Wildman–Crippen MR) is 79.5 cm³/mol. The van der Waals surface area contributed by atoms with Crippen molar-refractivity contribution in [3.05, 3.63) is 12.4 Å². The summed E-state index contributed by atoms with van der Waals surface area (Å²) in [5.41, 5.74) is -0.409. The van der Waals surface area contributed by atoms with Gasteiger partial charge in [0.1, 0.15) is 12.1 Å². The van der Waals surface area contributed by atoms with Crippen LogP contribution < -0.4 is 10.1 Å². The highest BCUT2D eigenvalue weighted by atomic mass is 16.5. The molecule has 1 aliphatic rings. The minimum atomic E-state index is -0.780. The molecule has 1 saturated carbocycles. The van der Waals surface area contributed by atoms with Crippen LogP contribution in [0.15, 0.2) is 12.4 Å². The third-order valence-electron chi connectivity index (χ3n) is 3.69. The number of anilines is 1. The molecule has 2 N–H and O–H groups in total. The topological polar surface area (TPSA) is 84.3 Å². The van der Waals surface area contributed by atoms with E-state index in [0.29, 0.717) is 11.7 Å². The molecule has 1 heterocycles. The zero-order chi connectivity index (χ0) is 15.3. The fourth-order valence-electron chi connectivity index (χ4n) is 2.85. The first-order chi connectivity index (χ1) is 9.99. The summed E-state index contributed by atoms with van der Waals surface area (Å²) in [7, 11) is 0. The van der Waals surface area contributed by atoms with Gasteiger partial charge >= 0.3 is 5.97 Å². The molecule has 1 fully saturated rings. The van der Waals surface area contributed by atoms with Crippen molar-refractivity contribution in [1.82, 2.24) is 9.97 Å². The summed E-state index contributed by atoms with van der Waals surface area (Å²) in [5.74, 6) is 0.352. The largest absolute Gasteiger partial charge is 0.481 e. The number of carbonyl (C=O) groups is 1. The Morgan fingerprint density at radius 3 is 2.71 bits per heavy atom. The van der Waals surface area contributed by atoms with Crippen molar-refractivity contribution < 1.29 is 14.6 Å². The third kappa shape index (κ3) is 4.58. The standard InChI is InChI=1S/C15H23N3O3/c1-11(2)21-13-8-12(16-10-17-13)18-15(9-14(19)20)6-4-3-5-7-15/h8,10-11H,3-7,9H2,1-2H3,(H,19,20)(H,16,17,18). The first-order valence-corrected chi connectivity index (χ1v) is 7.48. The molecule has 6 heteroatoms. The molecule has 0 radical (unpaired) electrons. The van der Waals surface area contributed by atoms with E-state index >= 15 is 0 Å². The quantitative estimate of drug-likeness (QED) is 0.839. The molecule has 0 aromatic carbocycles. The number of hydrogen-bond acceptors (Lipinski definition) is 5. The van der Waals surface area contributed by atoms with Gasteiger partial charge in [0.05, 0.1) is 12.5 Å². The fourth-order valence-corrected chi connectivity index (χ4v) is 2.85. The summed E-state index contributed by atoms with van der Waals surface area (Å²) in [4.78, 5) is 19.4. The Kier molecular flexibility index (Phi) is 4.98. The van der Waals surface area contributed by atoms with Crippen molar-refractivity contribution in [3.8, 4) is 5.88 Å². The molecule has 1 aliphatic carbocycles. The maximum absolute atomic E-state index is 11.2. The van der Waals surface area contributed by atoms with Gasteiger partial charge in [-0.1, -0.05) is 19.3 Å². The molecule has 0 unspecified atom stereocenters. The molecule has 0 saturated heterocycles. The number of hydrogen-bond donors (Lipinski definition) is 2. The maximum Gasteiger partial charge on any atom is 0.305 e.